The highest BCUT2D eigenvalue weighted by molar-refractivity contribution is 5.82. The molecule has 16 heavy (non-hydrogen) atoms. The molecule has 1 heterocycles. The summed E-state index contributed by atoms with van der Waals surface area (Å²) in [5.74, 6) is 0. The predicted octanol–water partition coefficient (Wildman–Crippen LogP) is 1.78. The molecule has 3 N–H and O–H groups in total. The summed E-state index contributed by atoms with van der Waals surface area (Å²) < 4.78 is 0. The lowest BCUT2D eigenvalue weighted by molar-refractivity contribution is 0.230. The number of benzene rings is 1. The van der Waals surface area contributed by atoms with E-state index < -0.39 is 0 Å². The molecule has 0 bridgehead atoms. The topological polar surface area (TPSA) is 48.0 Å². The van der Waals surface area contributed by atoms with E-state index in [1.807, 2.05) is 6.20 Å². The van der Waals surface area contributed by atoms with Gasteiger partial charge in [-0.25, -0.2) is 0 Å². The number of hydrogen-bond acceptors (Lipinski definition) is 2. The van der Waals surface area contributed by atoms with Crippen LogP contribution in [0.5, 0.6) is 0 Å². The molecule has 1 aliphatic rings. The maximum Gasteiger partial charge on any atom is 0.0613 e. The van der Waals surface area contributed by atoms with E-state index in [4.69, 9.17) is 0 Å². The van der Waals surface area contributed by atoms with Crippen LogP contribution in [0, 0.1) is 0 Å². The van der Waals surface area contributed by atoms with Gasteiger partial charge < -0.3 is 15.4 Å². The van der Waals surface area contributed by atoms with Crippen LogP contribution < -0.4 is 5.32 Å². The average molecular weight is 216 g/mol. The summed E-state index contributed by atoms with van der Waals surface area (Å²) in [6.45, 7) is 1.08. The molecule has 1 aliphatic carbocycles. The van der Waals surface area contributed by atoms with E-state index in [9.17, 15) is 5.11 Å². The lowest BCUT2D eigenvalue weighted by atomic mass is 10.1. The van der Waals surface area contributed by atoms with Crippen LogP contribution in [0.1, 0.15) is 18.4 Å². The number of nitrogens with one attached hydrogen (secondary N) is 2. The third-order valence-electron chi connectivity index (χ3n) is 3.50. The van der Waals surface area contributed by atoms with Gasteiger partial charge >= 0.3 is 0 Å². The van der Waals surface area contributed by atoms with Gasteiger partial charge in [0.15, 0.2) is 0 Å². The second-order valence-corrected chi connectivity index (χ2v) is 4.65. The van der Waals surface area contributed by atoms with Crippen LogP contribution in [0.3, 0.4) is 0 Å². The number of aliphatic hydroxyl groups is 1. The Balaban J connectivity index is 1.81. The number of fused-ring (bicyclic) bond motifs is 1. The van der Waals surface area contributed by atoms with Gasteiger partial charge in [0.25, 0.3) is 0 Å². The van der Waals surface area contributed by atoms with Gasteiger partial charge in [-0.05, 0) is 30.5 Å². The normalized spacial score (nSPS) is 17.8. The Labute approximate surface area is 94.5 Å². The molecule has 0 aliphatic heterocycles. The summed E-state index contributed by atoms with van der Waals surface area (Å²) in [4.78, 5) is 3.21. The Morgan fingerprint density at radius 2 is 2.19 bits per heavy atom. The molecular weight excluding hydrogens is 200 g/mol. The molecule has 1 saturated carbocycles. The number of aliphatic hydroxyl groups excluding tert-OH is 1. The number of aromatic amines is 1. The average Bonchev–Trinajstić information content (AvgIpc) is 2.94. The number of rotatable bonds is 4. The SMILES string of the molecule is OCC1(NCc2cccc3[nH]ccc23)CC1. The van der Waals surface area contributed by atoms with Crippen LogP contribution in [0.15, 0.2) is 30.5 Å². The molecule has 0 radical (unpaired) electrons. The van der Waals surface area contributed by atoms with E-state index in [0.717, 1.165) is 19.4 Å². The highest BCUT2D eigenvalue weighted by atomic mass is 16.3. The first-order chi connectivity index (χ1) is 7.83. The van der Waals surface area contributed by atoms with Crippen molar-refractivity contribution in [2.45, 2.75) is 24.9 Å². The van der Waals surface area contributed by atoms with Gasteiger partial charge in [-0.1, -0.05) is 12.1 Å². The highest BCUT2D eigenvalue weighted by Crippen LogP contribution is 2.35. The van der Waals surface area contributed by atoms with Crippen molar-refractivity contribution in [1.29, 1.82) is 0 Å². The van der Waals surface area contributed by atoms with Crippen molar-refractivity contribution in [3.63, 3.8) is 0 Å². The van der Waals surface area contributed by atoms with Crippen LogP contribution in [0.4, 0.5) is 0 Å². The molecule has 3 heteroatoms. The van der Waals surface area contributed by atoms with E-state index in [-0.39, 0.29) is 12.1 Å². The quantitative estimate of drug-likeness (QED) is 0.729. The first-order valence-corrected chi connectivity index (χ1v) is 5.74. The summed E-state index contributed by atoms with van der Waals surface area (Å²) in [5.41, 5.74) is 2.48. The van der Waals surface area contributed by atoms with E-state index in [1.54, 1.807) is 0 Å². The van der Waals surface area contributed by atoms with E-state index >= 15 is 0 Å². The lowest BCUT2D eigenvalue weighted by Crippen LogP contribution is -2.34. The predicted molar refractivity (Wildman–Crippen MR) is 64.2 cm³/mol. The first kappa shape index (κ1) is 9.87. The van der Waals surface area contributed by atoms with Crippen molar-refractivity contribution >= 4 is 10.9 Å². The van der Waals surface area contributed by atoms with Crippen molar-refractivity contribution in [3.8, 4) is 0 Å². The molecule has 0 unspecified atom stereocenters. The van der Waals surface area contributed by atoms with Gasteiger partial charge in [0, 0.05) is 29.2 Å². The van der Waals surface area contributed by atoms with Crippen molar-refractivity contribution in [2.75, 3.05) is 6.61 Å². The molecule has 1 aromatic heterocycles. The van der Waals surface area contributed by atoms with Gasteiger partial charge in [-0.2, -0.15) is 0 Å². The Hall–Kier alpha value is -1.32. The minimum absolute atomic E-state index is 0.0124. The largest absolute Gasteiger partial charge is 0.394 e. The summed E-state index contributed by atoms with van der Waals surface area (Å²) in [7, 11) is 0. The maximum absolute atomic E-state index is 9.24. The highest BCUT2D eigenvalue weighted by Gasteiger charge is 2.41. The van der Waals surface area contributed by atoms with E-state index in [1.165, 1.54) is 16.5 Å². The molecule has 0 atom stereocenters. The zero-order valence-corrected chi connectivity index (χ0v) is 9.16. The Kier molecular flexibility index (Phi) is 2.23. The number of H-pyrrole nitrogens is 1. The summed E-state index contributed by atoms with van der Waals surface area (Å²) >= 11 is 0. The molecule has 3 rings (SSSR count). The van der Waals surface area contributed by atoms with Crippen molar-refractivity contribution in [1.82, 2.24) is 10.3 Å². The van der Waals surface area contributed by atoms with Crippen LogP contribution in [0.25, 0.3) is 10.9 Å². The Bertz CT molecular complexity index is 499. The van der Waals surface area contributed by atoms with Crippen molar-refractivity contribution in [2.24, 2.45) is 0 Å². The fourth-order valence-corrected chi connectivity index (χ4v) is 2.13. The van der Waals surface area contributed by atoms with Gasteiger partial charge in [0.2, 0.25) is 0 Å². The molecule has 0 amide bonds. The monoisotopic (exact) mass is 216 g/mol. The van der Waals surface area contributed by atoms with Crippen LogP contribution in [-0.2, 0) is 6.54 Å². The molecule has 1 fully saturated rings. The van der Waals surface area contributed by atoms with Crippen LogP contribution in [0.2, 0.25) is 0 Å². The lowest BCUT2D eigenvalue weighted by Gasteiger charge is -2.14. The molecule has 0 spiro atoms. The summed E-state index contributed by atoms with van der Waals surface area (Å²) in [6.07, 6.45) is 4.15. The number of hydrogen-bond donors (Lipinski definition) is 3. The zero-order chi connectivity index (χ0) is 11.0. The third kappa shape index (κ3) is 1.62. The summed E-state index contributed by atoms with van der Waals surface area (Å²) in [6, 6.07) is 8.38. The Morgan fingerprint density at radius 3 is 2.94 bits per heavy atom. The standard InChI is InChI=1S/C13H16N2O/c16-9-13(5-6-13)15-8-10-2-1-3-12-11(10)4-7-14-12/h1-4,7,14-16H,5-6,8-9H2. The summed E-state index contributed by atoms with van der Waals surface area (Å²) in [5, 5.41) is 14.0. The third-order valence-corrected chi connectivity index (χ3v) is 3.50. The van der Waals surface area contributed by atoms with E-state index in [0.29, 0.717) is 0 Å². The van der Waals surface area contributed by atoms with Gasteiger partial charge in [-0.3, -0.25) is 0 Å². The second-order valence-electron chi connectivity index (χ2n) is 4.65. The second kappa shape index (κ2) is 3.61. The van der Waals surface area contributed by atoms with E-state index in [2.05, 4.69) is 34.6 Å². The minimum atomic E-state index is 0.0124. The zero-order valence-electron chi connectivity index (χ0n) is 9.16. The Morgan fingerprint density at radius 1 is 1.31 bits per heavy atom. The molecule has 3 nitrogen and oxygen atoms in total. The van der Waals surface area contributed by atoms with Gasteiger partial charge in [-0.15, -0.1) is 0 Å². The van der Waals surface area contributed by atoms with Crippen LogP contribution in [-0.4, -0.2) is 22.2 Å². The van der Waals surface area contributed by atoms with Crippen LogP contribution >= 0.6 is 0 Å². The minimum Gasteiger partial charge on any atom is -0.394 e. The number of aromatic nitrogens is 1. The molecule has 2 aromatic rings. The molecule has 0 saturated heterocycles. The molecule has 84 valence electrons. The molecular formula is C13H16N2O. The van der Waals surface area contributed by atoms with Gasteiger partial charge in [0.05, 0.1) is 6.61 Å². The maximum atomic E-state index is 9.24. The van der Waals surface area contributed by atoms with Gasteiger partial charge in [0.1, 0.15) is 0 Å². The van der Waals surface area contributed by atoms with Crippen molar-refractivity contribution < 1.29 is 5.11 Å². The van der Waals surface area contributed by atoms with Crippen molar-refractivity contribution in [3.05, 3.63) is 36.0 Å². The smallest absolute Gasteiger partial charge is 0.0613 e. The fourth-order valence-electron chi connectivity index (χ4n) is 2.13. The first-order valence-electron chi connectivity index (χ1n) is 5.74. The fraction of sp³-hybridized carbons (Fsp3) is 0.385. The molecule has 1 aromatic carbocycles.